The Balaban J connectivity index is 2.26. The molecule has 0 bridgehead atoms. The largest absolute Gasteiger partial charge is 0.380 e. The Morgan fingerprint density at radius 1 is 1.36 bits per heavy atom. The van der Waals surface area contributed by atoms with Crippen molar-refractivity contribution in [3.8, 4) is 0 Å². The van der Waals surface area contributed by atoms with Gasteiger partial charge in [-0.15, -0.1) is 0 Å². The molecule has 0 radical (unpaired) electrons. The molecule has 0 aromatic carbocycles. The average molecular weight is 199 g/mol. The molecular formula is C12H25NO. The Hall–Kier alpha value is -0.0800. The van der Waals surface area contributed by atoms with Crippen molar-refractivity contribution in [3.63, 3.8) is 0 Å². The van der Waals surface area contributed by atoms with E-state index in [1.165, 1.54) is 25.7 Å². The van der Waals surface area contributed by atoms with Crippen LogP contribution >= 0.6 is 0 Å². The van der Waals surface area contributed by atoms with Crippen LogP contribution in [0.15, 0.2) is 0 Å². The van der Waals surface area contributed by atoms with Crippen LogP contribution in [0.4, 0.5) is 0 Å². The lowest BCUT2D eigenvalue weighted by atomic mass is 10.0. The maximum Gasteiger partial charge on any atom is 0.0721 e. The second kappa shape index (κ2) is 6.41. The molecule has 2 nitrogen and oxygen atoms in total. The number of rotatable bonds is 8. The third-order valence-corrected chi connectivity index (χ3v) is 3.20. The van der Waals surface area contributed by atoms with Gasteiger partial charge >= 0.3 is 0 Å². The number of hydrogen-bond acceptors (Lipinski definition) is 2. The predicted molar refractivity (Wildman–Crippen MR) is 60.5 cm³/mol. The molecule has 14 heavy (non-hydrogen) atoms. The summed E-state index contributed by atoms with van der Waals surface area (Å²) in [5.41, 5.74) is 0. The molecule has 0 saturated heterocycles. The molecule has 2 atom stereocenters. The summed E-state index contributed by atoms with van der Waals surface area (Å²) in [6.45, 7) is 5.43. The maximum absolute atomic E-state index is 5.50. The van der Waals surface area contributed by atoms with E-state index < -0.39 is 0 Å². The van der Waals surface area contributed by atoms with E-state index in [4.69, 9.17) is 4.74 Å². The first-order chi connectivity index (χ1) is 6.81. The quantitative estimate of drug-likeness (QED) is 0.649. The van der Waals surface area contributed by atoms with Gasteiger partial charge in [-0.2, -0.15) is 0 Å². The normalized spacial score (nSPS) is 20.8. The first-order valence-electron chi connectivity index (χ1n) is 6.07. The van der Waals surface area contributed by atoms with E-state index >= 15 is 0 Å². The molecule has 2 heteroatoms. The zero-order chi connectivity index (χ0) is 10.4. The van der Waals surface area contributed by atoms with Gasteiger partial charge in [0.25, 0.3) is 0 Å². The summed E-state index contributed by atoms with van der Waals surface area (Å²) in [7, 11) is 1.83. The Morgan fingerprint density at radius 2 is 2.07 bits per heavy atom. The number of methoxy groups -OCH3 is 1. The van der Waals surface area contributed by atoms with Crippen molar-refractivity contribution in [2.75, 3.05) is 13.7 Å². The van der Waals surface area contributed by atoms with Gasteiger partial charge in [-0.25, -0.2) is 0 Å². The van der Waals surface area contributed by atoms with E-state index in [0.29, 0.717) is 12.1 Å². The van der Waals surface area contributed by atoms with Gasteiger partial charge in [0.2, 0.25) is 0 Å². The van der Waals surface area contributed by atoms with Gasteiger partial charge in [0.05, 0.1) is 6.10 Å². The molecule has 0 heterocycles. The van der Waals surface area contributed by atoms with Crippen LogP contribution in [0.25, 0.3) is 0 Å². The molecule has 0 aromatic rings. The van der Waals surface area contributed by atoms with Crippen LogP contribution in [-0.4, -0.2) is 25.8 Å². The first kappa shape index (κ1) is 12.0. The van der Waals surface area contributed by atoms with Crippen LogP contribution in [-0.2, 0) is 4.74 Å². The molecular weight excluding hydrogens is 174 g/mol. The van der Waals surface area contributed by atoms with Gasteiger partial charge in [0.15, 0.2) is 0 Å². The summed E-state index contributed by atoms with van der Waals surface area (Å²) in [5.74, 6) is 1.03. The number of ether oxygens (including phenoxy) is 1. The highest BCUT2D eigenvalue weighted by atomic mass is 16.5. The summed E-state index contributed by atoms with van der Waals surface area (Å²) >= 11 is 0. The smallest absolute Gasteiger partial charge is 0.0721 e. The molecule has 84 valence electrons. The van der Waals surface area contributed by atoms with Crippen molar-refractivity contribution in [3.05, 3.63) is 0 Å². The second-order valence-corrected chi connectivity index (χ2v) is 4.37. The molecule has 0 aliphatic heterocycles. The molecule has 1 fully saturated rings. The lowest BCUT2D eigenvalue weighted by molar-refractivity contribution is 0.0619. The topological polar surface area (TPSA) is 21.3 Å². The molecule has 0 spiro atoms. The lowest BCUT2D eigenvalue weighted by Crippen LogP contribution is -2.40. The minimum atomic E-state index is 0.397. The fourth-order valence-electron chi connectivity index (χ4n) is 2.12. The van der Waals surface area contributed by atoms with Crippen LogP contribution in [0.2, 0.25) is 0 Å². The van der Waals surface area contributed by atoms with E-state index in [0.717, 1.165) is 18.9 Å². The zero-order valence-electron chi connectivity index (χ0n) is 9.88. The van der Waals surface area contributed by atoms with E-state index in [-0.39, 0.29) is 0 Å². The molecule has 1 rings (SSSR count). The van der Waals surface area contributed by atoms with E-state index in [1.807, 2.05) is 7.11 Å². The third kappa shape index (κ3) is 3.97. The fraction of sp³-hybridized carbons (Fsp3) is 1.00. The van der Waals surface area contributed by atoms with E-state index in [9.17, 15) is 0 Å². The van der Waals surface area contributed by atoms with Gasteiger partial charge in [0.1, 0.15) is 0 Å². The van der Waals surface area contributed by atoms with Gasteiger partial charge in [-0.3, -0.25) is 0 Å². The van der Waals surface area contributed by atoms with Crippen molar-refractivity contribution in [2.45, 2.75) is 58.1 Å². The minimum Gasteiger partial charge on any atom is -0.380 e. The first-order valence-corrected chi connectivity index (χ1v) is 6.07. The number of hydrogen-bond donors (Lipinski definition) is 1. The summed E-state index contributed by atoms with van der Waals surface area (Å²) in [6.07, 6.45) is 7.10. The van der Waals surface area contributed by atoms with Gasteiger partial charge in [0, 0.05) is 13.2 Å². The highest BCUT2D eigenvalue weighted by molar-refractivity contribution is 4.80. The second-order valence-electron chi connectivity index (χ2n) is 4.37. The average Bonchev–Trinajstić information content (AvgIpc) is 2.99. The van der Waals surface area contributed by atoms with Gasteiger partial charge in [-0.05, 0) is 31.7 Å². The van der Waals surface area contributed by atoms with Crippen LogP contribution in [0.1, 0.15) is 46.0 Å². The summed E-state index contributed by atoms with van der Waals surface area (Å²) in [6, 6.07) is 0.565. The minimum absolute atomic E-state index is 0.397. The molecule has 0 amide bonds. The Kier molecular flexibility index (Phi) is 5.49. The molecule has 0 aromatic heterocycles. The van der Waals surface area contributed by atoms with E-state index in [1.54, 1.807) is 0 Å². The predicted octanol–water partition coefficient (Wildman–Crippen LogP) is 2.58. The molecule has 1 aliphatic carbocycles. The van der Waals surface area contributed by atoms with Crippen molar-refractivity contribution in [1.29, 1.82) is 0 Å². The highest BCUT2D eigenvalue weighted by Gasteiger charge is 2.25. The van der Waals surface area contributed by atoms with Gasteiger partial charge < -0.3 is 10.1 Å². The van der Waals surface area contributed by atoms with Crippen molar-refractivity contribution < 1.29 is 4.74 Å². The SMILES string of the molecule is CCNC(CCC1CC1)C(CC)OC. The summed E-state index contributed by atoms with van der Waals surface area (Å²) in [4.78, 5) is 0. The van der Waals surface area contributed by atoms with Crippen LogP contribution in [0, 0.1) is 5.92 Å². The van der Waals surface area contributed by atoms with Crippen LogP contribution in [0.3, 0.4) is 0 Å². The zero-order valence-corrected chi connectivity index (χ0v) is 9.88. The monoisotopic (exact) mass is 199 g/mol. The third-order valence-electron chi connectivity index (χ3n) is 3.20. The maximum atomic E-state index is 5.50. The van der Waals surface area contributed by atoms with Crippen molar-refractivity contribution in [1.82, 2.24) is 5.32 Å². The van der Waals surface area contributed by atoms with Gasteiger partial charge in [-0.1, -0.05) is 26.7 Å². The van der Waals surface area contributed by atoms with E-state index in [2.05, 4.69) is 19.2 Å². The highest BCUT2D eigenvalue weighted by Crippen LogP contribution is 2.34. The molecule has 1 aliphatic rings. The van der Waals surface area contributed by atoms with Crippen LogP contribution in [0.5, 0.6) is 0 Å². The lowest BCUT2D eigenvalue weighted by Gasteiger charge is -2.25. The Morgan fingerprint density at radius 3 is 2.50 bits per heavy atom. The molecule has 1 saturated carbocycles. The number of likely N-dealkylation sites (N-methyl/N-ethyl adjacent to an activating group) is 1. The van der Waals surface area contributed by atoms with Crippen molar-refractivity contribution in [2.24, 2.45) is 5.92 Å². The van der Waals surface area contributed by atoms with Crippen molar-refractivity contribution >= 4 is 0 Å². The summed E-state index contributed by atoms with van der Waals surface area (Å²) < 4.78 is 5.50. The standard InChI is InChI=1S/C12H25NO/c1-4-12(14-3)11(13-5-2)9-8-10-6-7-10/h10-13H,4-9H2,1-3H3. The van der Waals surface area contributed by atoms with Crippen LogP contribution < -0.4 is 5.32 Å². The Labute approximate surface area is 88.4 Å². The molecule has 1 N–H and O–H groups in total. The summed E-state index contributed by atoms with van der Waals surface area (Å²) in [5, 5.41) is 3.54. The fourth-order valence-corrected chi connectivity index (χ4v) is 2.12. The number of nitrogens with one attached hydrogen (secondary N) is 1. The Bertz CT molecular complexity index is 141. The molecule has 2 unspecified atom stereocenters.